The largest absolute Gasteiger partial charge is 0.507 e. The number of phenolic OH excluding ortho intramolecular Hbond substituents is 5. The van der Waals surface area contributed by atoms with Crippen molar-refractivity contribution in [2.75, 3.05) is 0 Å². The molecule has 0 aromatic heterocycles. The maximum Gasteiger partial charge on any atom is 0.200 e. The van der Waals surface area contributed by atoms with Crippen LogP contribution in [-0.4, -0.2) is 36.7 Å². The average molecular weight is 418 g/mol. The van der Waals surface area contributed by atoms with Crippen LogP contribution in [0.25, 0.3) is 0 Å². The minimum atomic E-state index is -1.15. The van der Waals surface area contributed by atoms with Crippen LogP contribution >= 0.6 is 0 Å². The molecular formula is C23H30O7. The smallest absolute Gasteiger partial charge is 0.200 e. The molecule has 1 heterocycles. The fraction of sp³-hybridized carbons (Fsp3) is 0.478. The SMILES string of the molecule is CC(C)(C)c1c(O)cc(O)c2c1OC(c1cc(O)c(O)c(O)c1)C(O)C2C(C)(C)C. The van der Waals surface area contributed by atoms with Gasteiger partial charge in [-0.05, 0) is 23.0 Å². The molecule has 164 valence electrons. The minimum absolute atomic E-state index is 0.127. The van der Waals surface area contributed by atoms with E-state index in [9.17, 15) is 30.6 Å². The molecule has 0 bridgehead atoms. The van der Waals surface area contributed by atoms with Gasteiger partial charge in [-0.1, -0.05) is 41.5 Å². The molecule has 7 nitrogen and oxygen atoms in total. The molecule has 0 radical (unpaired) electrons. The summed E-state index contributed by atoms with van der Waals surface area (Å²) in [5.74, 6) is -2.39. The highest BCUT2D eigenvalue weighted by atomic mass is 16.5. The van der Waals surface area contributed by atoms with Crippen LogP contribution in [0.15, 0.2) is 18.2 Å². The summed E-state index contributed by atoms with van der Waals surface area (Å²) < 4.78 is 6.15. The number of hydrogen-bond acceptors (Lipinski definition) is 7. The van der Waals surface area contributed by atoms with Crippen LogP contribution in [0.3, 0.4) is 0 Å². The summed E-state index contributed by atoms with van der Waals surface area (Å²) in [6.45, 7) is 11.4. The molecule has 30 heavy (non-hydrogen) atoms. The predicted octanol–water partition coefficient (Wildman–Crippen LogP) is 4.14. The Morgan fingerprint density at radius 3 is 1.77 bits per heavy atom. The second kappa shape index (κ2) is 6.87. The van der Waals surface area contributed by atoms with Crippen LogP contribution in [0.1, 0.15) is 70.3 Å². The van der Waals surface area contributed by atoms with E-state index in [1.165, 1.54) is 18.2 Å². The van der Waals surface area contributed by atoms with Gasteiger partial charge in [-0.3, -0.25) is 0 Å². The first-order chi connectivity index (χ1) is 13.6. The normalized spacial score (nSPS) is 21.8. The molecule has 0 spiro atoms. The molecule has 6 N–H and O–H groups in total. The van der Waals surface area contributed by atoms with Gasteiger partial charge in [-0.15, -0.1) is 0 Å². The summed E-state index contributed by atoms with van der Waals surface area (Å²) in [5.41, 5.74) is 0.0738. The van der Waals surface area contributed by atoms with E-state index in [1.54, 1.807) is 0 Å². The molecule has 3 rings (SSSR count). The van der Waals surface area contributed by atoms with E-state index in [-0.39, 0.29) is 22.8 Å². The maximum absolute atomic E-state index is 11.3. The summed E-state index contributed by atoms with van der Waals surface area (Å²) in [6.07, 6.45) is -2.18. The van der Waals surface area contributed by atoms with Gasteiger partial charge in [0.25, 0.3) is 0 Å². The van der Waals surface area contributed by atoms with E-state index in [1.807, 2.05) is 41.5 Å². The molecule has 0 aliphatic carbocycles. The number of hydrogen-bond donors (Lipinski definition) is 6. The predicted molar refractivity (Wildman–Crippen MR) is 111 cm³/mol. The summed E-state index contributed by atoms with van der Waals surface area (Å²) in [4.78, 5) is 0. The van der Waals surface area contributed by atoms with Crippen molar-refractivity contribution in [2.24, 2.45) is 5.41 Å². The minimum Gasteiger partial charge on any atom is -0.507 e. The van der Waals surface area contributed by atoms with Crippen LogP contribution in [-0.2, 0) is 5.41 Å². The molecule has 0 amide bonds. The molecule has 3 atom stereocenters. The zero-order valence-electron chi connectivity index (χ0n) is 18.1. The van der Waals surface area contributed by atoms with Crippen molar-refractivity contribution < 1.29 is 35.4 Å². The van der Waals surface area contributed by atoms with Crippen LogP contribution in [0.5, 0.6) is 34.5 Å². The average Bonchev–Trinajstić information content (AvgIpc) is 2.56. The highest BCUT2D eigenvalue weighted by Crippen LogP contribution is 2.57. The first kappa shape index (κ1) is 21.9. The fourth-order valence-corrected chi connectivity index (χ4v) is 4.34. The number of aromatic hydroxyl groups is 5. The quantitative estimate of drug-likeness (QED) is 0.384. The molecule has 0 saturated carbocycles. The molecule has 7 heteroatoms. The molecule has 1 aliphatic rings. The number of benzene rings is 2. The van der Waals surface area contributed by atoms with Gasteiger partial charge >= 0.3 is 0 Å². The van der Waals surface area contributed by atoms with E-state index < -0.39 is 46.2 Å². The highest BCUT2D eigenvalue weighted by Gasteiger charge is 2.48. The topological polar surface area (TPSA) is 131 Å². The highest BCUT2D eigenvalue weighted by molar-refractivity contribution is 5.62. The third-order valence-corrected chi connectivity index (χ3v) is 5.59. The Morgan fingerprint density at radius 1 is 0.767 bits per heavy atom. The van der Waals surface area contributed by atoms with Crippen molar-refractivity contribution in [3.8, 4) is 34.5 Å². The number of fused-ring (bicyclic) bond motifs is 1. The van der Waals surface area contributed by atoms with Gasteiger partial charge in [0.05, 0.1) is 0 Å². The van der Waals surface area contributed by atoms with Gasteiger partial charge in [0.2, 0.25) is 0 Å². The number of aliphatic hydroxyl groups excluding tert-OH is 1. The third kappa shape index (κ3) is 3.47. The summed E-state index contributed by atoms with van der Waals surface area (Å²) in [7, 11) is 0. The summed E-state index contributed by atoms with van der Waals surface area (Å²) in [5, 5.41) is 62.2. The van der Waals surface area contributed by atoms with Crippen molar-refractivity contribution in [3.63, 3.8) is 0 Å². The monoisotopic (exact) mass is 418 g/mol. The molecule has 2 aromatic carbocycles. The van der Waals surface area contributed by atoms with E-state index in [4.69, 9.17) is 4.74 Å². The van der Waals surface area contributed by atoms with E-state index in [2.05, 4.69) is 0 Å². The van der Waals surface area contributed by atoms with Crippen LogP contribution in [0.2, 0.25) is 0 Å². The molecule has 0 saturated heterocycles. The van der Waals surface area contributed by atoms with E-state index >= 15 is 0 Å². The van der Waals surface area contributed by atoms with Crippen LogP contribution in [0, 0.1) is 5.41 Å². The van der Waals surface area contributed by atoms with Gasteiger partial charge in [-0.2, -0.15) is 0 Å². The second-order valence-corrected chi connectivity index (χ2v) is 10.1. The first-order valence-electron chi connectivity index (χ1n) is 9.83. The molecule has 0 fully saturated rings. The van der Waals surface area contributed by atoms with Crippen molar-refractivity contribution in [2.45, 2.75) is 65.1 Å². The van der Waals surface area contributed by atoms with Crippen molar-refractivity contribution >= 4 is 0 Å². The van der Waals surface area contributed by atoms with Crippen molar-refractivity contribution in [1.29, 1.82) is 0 Å². The molecule has 3 unspecified atom stereocenters. The Morgan fingerprint density at radius 2 is 1.30 bits per heavy atom. The lowest BCUT2D eigenvalue weighted by atomic mass is 9.68. The molecule has 2 aromatic rings. The van der Waals surface area contributed by atoms with E-state index in [0.29, 0.717) is 11.1 Å². The maximum atomic E-state index is 11.3. The Hall–Kier alpha value is -2.80. The van der Waals surface area contributed by atoms with E-state index in [0.717, 1.165) is 0 Å². The third-order valence-electron chi connectivity index (χ3n) is 5.59. The van der Waals surface area contributed by atoms with Gasteiger partial charge in [0.1, 0.15) is 23.4 Å². The van der Waals surface area contributed by atoms with Crippen molar-refractivity contribution in [1.82, 2.24) is 0 Å². The fourth-order valence-electron chi connectivity index (χ4n) is 4.34. The molecular weight excluding hydrogens is 388 g/mol. The zero-order chi connectivity index (χ0) is 22.8. The Bertz CT molecular complexity index is 960. The lowest BCUT2D eigenvalue weighted by molar-refractivity contribution is -0.0295. The standard InChI is InChI=1S/C23H30O7/c1-22(2,3)16-12(25)9-11(24)15-17(23(4,5)6)19(29)20(30-21(15)16)10-7-13(26)18(28)14(27)8-10/h7-9,17,19-20,24-29H,1-6H3. The Balaban J connectivity index is 2.33. The van der Waals surface area contributed by atoms with Gasteiger partial charge in [0.15, 0.2) is 23.4 Å². The first-order valence-corrected chi connectivity index (χ1v) is 9.83. The molecule has 1 aliphatic heterocycles. The van der Waals surface area contributed by atoms with Crippen LogP contribution in [0.4, 0.5) is 0 Å². The Kier molecular flexibility index (Phi) is 5.02. The zero-order valence-corrected chi connectivity index (χ0v) is 18.1. The lowest BCUT2D eigenvalue weighted by Gasteiger charge is -2.45. The van der Waals surface area contributed by atoms with Gasteiger partial charge in [0, 0.05) is 28.7 Å². The van der Waals surface area contributed by atoms with Crippen molar-refractivity contribution in [3.05, 3.63) is 34.9 Å². The lowest BCUT2D eigenvalue weighted by Crippen LogP contribution is -2.41. The number of phenols is 5. The number of aliphatic hydroxyl groups is 1. The number of ether oxygens (including phenoxy) is 1. The second-order valence-electron chi connectivity index (χ2n) is 10.1. The van der Waals surface area contributed by atoms with Crippen LogP contribution < -0.4 is 4.74 Å². The summed E-state index contributed by atoms with van der Waals surface area (Å²) >= 11 is 0. The number of rotatable bonds is 1. The summed E-state index contributed by atoms with van der Waals surface area (Å²) in [6, 6.07) is 3.70. The van der Waals surface area contributed by atoms with Gasteiger partial charge < -0.3 is 35.4 Å². The Labute approximate surface area is 175 Å². The van der Waals surface area contributed by atoms with Gasteiger partial charge in [-0.25, -0.2) is 0 Å².